The molecule has 2 aromatic heterocycles. The number of nitrogens with zero attached hydrogens (tertiary/aromatic N) is 2. The monoisotopic (exact) mass is 238 g/mol. The Morgan fingerprint density at radius 3 is 2.94 bits per heavy atom. The fourth-order valence-electron chi connectivity index (χ4n) is 1.24. The third-order valence-corrected chi connectivity index (χ3v) is 3.04. The van der Waals surface area contributed by atoms with Crippen LogP contribution in [0.25, 0.3) is 10.8 Å². The van der Waals surface area contributed by atoms with Gasteiger partial charge in [0.05, 0.1) is 9.88 Å². The maximum Gasteiger partial charge on any atom is 0.292 e. The molecule has 0 spiro atoms. The molecule has 3 N–H and O–H groups in total. The van der Waals surface area contributed by atoms with Gasteiger partial charge in [0.25, 0.3) is 17.6 Å². The smallest absolute Gasteiger partial charge is 0.292 e. The molecule has 0 aliphatic rings. The van der Waals surface area contributed by atoms with Crippen LogP contribution in [0.15, 0.2) is 10.6 Å². The molecule has 6 nitrogen and oxygen atoms in total. The molecule has 84 valence electrons. The van der Waals surface area contributed by atoms with Crippen LogP contribution in [0.5, 0.6) is 0 Å². The molecule has 0 fully saturated rings. The summed E-state index contributed by atoms with van der Waals surface area (Å²) in [7, 11) is 1.51. The predicted octanol–water partition coefficient (Wildman–Crippen LogP) is 1.05. The van der Waals surface area contributed by atoms with Crippen LogP contribution in [0.3, 0.4) is 0 Å². The number of nitrogens with one attached hydrogen (secondary N) is 1. The molecule has 0 aliphatic heterocycles. The van der Waals surface area contributed by atoms with Gasteiger partial charge in [-0.3, -0.25) is 4.79 Å². The van der Waals surface area contributed by atoms with E-state index in [0.717, 1.165) is 10.4 Å². The first kappa shape index (κ1) is 10.6. The maximum atomic E-state index is 11.2. The van der Waals surface area contributed by atoms with Gasteiger partial charge in [0.15, 0.2) is 0 Å². The second kappa shape index (κ2) is 3.93. The summed E-state index contributed by atoms with van der Waals surface area (Å²) in [6.07, 6.45) is 0. The van der Waals surface area contributed by atoms with Crippen LogP contribution < -0.4 is 11.1 Å². The van der Waals surface area contributed by atoms with E-state index in [9.17, 15) is 4.79 Å². The second-order valence-electron chi connectivity index (χ2n) is 3.16. The molecule has 0 radical (unpaired) electrons. The van der Waals surface area contributed by atoms with Gasteiger partial charge in [-0.15, -0.1) is 11.3 Å². The van der Waals surface area contributed by atoms with Gasteiger partial charge in [0.1, 0.15) is 0 Å². The lowest BCUT2D eigenvalue weighted by molar-refractivity contribution is 0.0950. The van der Waals surface area contributed by atoms with Crippen molar-refractivity contribution in [2.75, 3.05) is 12.8 Å². The number of aryl methyl sites for hydroxylation is 1. The van der Waals surface area contributed by atoms with E-state index in [1.807, 2.05) is 13.0 Å². The predicted molar refractivity (Wildman–Crippen MR) is 60.2 cm³/mol. The van der Waals surface area contributed by atoms with E-state index in [0.29, 0.717) is 10.9 Å². The van der Waals surface area contributed by atoms with E-state index in [4.69, 9.17) is 10.3 Å². The van der Waals surface area contributed by atoms with Crippen molar-refractivity contribution in [1.29, 1.82) is 0 Å². The average molecular weight is 238 g/mol. The van der Waals surface area contributed by atoms with Gasteiger partial charge in [0.2, 0.25) is 0 Å². The molecule has 1 amide bonds. The Labute approximate surface area is 95.5 Å². The average Bonchev–Trinajstić information content (AvgIpc) is 2.83. The van der Waals surface area contributed by atoms with Crippen LogP contribution >= 0.6 is 11.3 Å². The van der Waals surface area contributed by atoms with Crippen LogP contribution in [0.2, 0.25) is 0 Å². The minimum atomic E-state index is -0.378. The minimum absolute atomic E-state index is 0.0175. The van der Waals surface area contributed by atoms with Gasteiger partial charge in [-0.1, -0.05) is 5.16 Å². The summed E-state index contributed by atoms with van der Waals surface area (Å²) >= 11 is 1.35. The summed E-state index contributed by atoms with van der Waals surface area (Å²) in [5, 5.41) is 6.68. The first-order valence-corrected chi connectivity index (χ1v) is 5.35. The van der Waals surface area contributed by atoms with E-state index in [-0.39, 0.29) is 11.7 Å². The molecule has 0 bridgehead atoms. The van der Waals surface area contributed by atoms with E-state index in [1.54, 1.807) is 0 Å². The standard InChI is InChI=1S/C9H10N4O2S/c1-4-3-5(10)16-6(4)9-12-7(13-15-9)8(14)11-2/h3H,10H2,1-2H3,(H,11,14). The van der Waals surface area contributed by atoms with Crippen molar-refractivity contribution in [3.63, 3.8) is 0 Å². The molecule has 0 saturated carbocycles. The van der Waals surface area contributed by atoms with Crippen molar-refractivity contribution in [1.82, 2.24) is 15.5 Å². The summed E-state index contributed by atoms with van der Waals surface area (Å²) in [6.45, 7) is 1.89. The molecule has 7 heteroatoms. The highest BCUT2D eigenvalue weighted by atomic mass is 32.1. The number of carbonyl (C=O) groups is 1. The Bertz CT molecular complexity index is 531. The summed E-state index contributed by atoms with van der Waals surface area (Å²) in [4.78, 5) is 16.0. The number of hydrogen-bond donors (Lipinski definition) is 2. The number of rotatable bonds is 2. The Balaban J connectivity index is 2.38. The first-order valence-electron chi connectivity index (χ1n) is 4.54. The molecule has 16 heavy (non-hydrogen) atoms. The van der Waals surface area contributed by atoms with Gasteiger partial charge in [-0.25, -0.2) is 0 Å². The molecule has 0 aliphatic carbocycles. The molecule has 2 heterocycles. The van der Waals surface area contributed by atoms with Crippen molar-refractivity contribution in [2.45, 2.75) is 6.92 Å². The Hall–Kier alpha value is -1.89. The van der Waals surface area contributed by atoms with Gasteiger partial charge >= 0.3 is 0 Å². The van der Waals surface area contributed by atoms with Gasteiger partial charge < -0.3 is 15.6 Å². The number of aromatic nitrogens is 2. The number of carbonyl (C=O) groups excluding carboxylic acids is 1. The van der Waals surface area contributed by atoms with Crippen LogP contribution in [-0.4, -0.2) is 23.1 Å². The normalized spacial score (nSPS) is 10.4. The van der Waals surface area contributed by atoms with Crippen molar-refractivity contribution >= 4 is 22.2 Å². The molecule has 2 aromatic rings. The van der Waals surface area contributed by atoms with Crippen LogP contribution in [0.4, 0.5) is 5.00 Å². The molecule has 0 aromatic carbocycles. The van der Waals surface area contributed by atoms with E-state index in [2.05, 4.69) is 15.5 Å². The van der Waals surface area contributed by atoms with Gasteiger partial charge in [0, 0.05) is 7.05 Å². The fraction of sp³-hybridized carbons (Fsp3) is 0.222. The van der Waals surface area contributed by atoms with Crippen molar-refractivity contribution in [2.24, 2.45) is 0 Å². The lowest BCUT2D eigenvalue weighted by Gasteiger charge is -1.89. The van der Waals surface area contributed by atoms with Crippen LogP contribution in [0.1, 0.15) is 16.2 Å². The highest BCUT2D eigenvalue weighted by Crippen LogP contribution is 2.32. The van der Waals surface area contributed by atoms with Crippen molar-refractivity contribution in [3.8, 4) is 10.8 Å². The number of nitrogen functional groups attached to an aromatic ring is 1. The SMILES string of the molecule is CNC(=O)c1noc(-c2sc(N)cc2C)n1. The number of hydrogen-bond acceptors (Lipinski definition) is 6. The molecular formula is C9H10N4O2S. The van der Waals surface area contributed by atoms with E-state index >= 15 is 0 Å². The van der Waals surface area contributed by atoms with E-state index in [1.165, 1.54) is 18.4 Å². The van der Waals surface area contributed by atoms with Crippen LogP contribution in [0, 0.1) is 6.92 Å². The maximum absolute atomic E-state index is 11.2. The first-order chi connectivity index (χ1) is 7.61. The number of thiophene rings is 1. The summed E-state index contributed by atoms with van der Waals surface area (Å²) in [5.74, 6) is -0.0427. The highest BCUT2D eigenvalue weighted by Gasteiger charge is 2.17. The number of anilines is 1. The summed E-state index contributed by atoms with van der Waals surface area (Å²) in [6, 6.07) is 1.82. The molecule has 2 rings (SSSR count). The Morgan fingerprint density at radius 2 is 2.38 bits per heavy atom. The van der Waals surface area contributed by atoms with Crippen molar-refractivity contribution < 1.29 is 9.32 Å². The second-order valence-corrected chi connectivity index (χ2v) is 4.25. The topological polar surface area (TPSA) is 94.0 Å². The van der Waals surface area contributed by atoms with E-state index < -0.39 is 0 Å². The summed E-state index contributed by atoms with van der Waals surface area (Å²) < 4.78 is 5.00. The zero-order chi connectivity index (χ0) is 11.7. The molecule has 0 atom stereocenters. The number of nitrogens with two attached hydrogens (primary N) is 1. The van der Waals surface area contributed by atoms with Gasteiger partial charge in [-0.2, -0.15) is 4.98 Å². The minimum Gasteiger partial charge on any atom is -0.391 e. The number of amides is 1. The molecule has 0 unspecified atom stereocenters. The Kier molecular flexibility index (Phi) is 2.61. The molecule has 0 saturated heterocycles. The van der Waals surface area contributed by atoms with Crippen molar-refractivity contribution in [3.05, 3.63) is 17.5 Å². The molecular weight excluding hydrogens is 228 g/mol. The van der Waals surface area contributed by atoms with Gasteiger partial charge in [-0.05, 0) is 18.6 Å². The fourth-order valence-corrected chi connectivity index (χ4v) is 2.10. The third kappa shape index (κ3) is 1.76. The zero-order valence-corrected chi connectivity index (χ0v) is 9.59. The highest BCUT2D eigenvalue weighted by molar-refractivity contribution is 7.19. The third-order valence-electron chi connectivity index (χ3n) is 1.99. The Morgan fingerprint density at radius 1 is 1.62 bits per heavy atom. The lowest BCUT2D eigenvalue weighted by Crippen LogP contribution is -2.19. The largest absolute Gasteiger partial charge is 0.391 e. The zero-order valence-electron chi connectivity index (χ0n) is 8.77. The lowest BCUT2D eigenvalue weighted by atomic mass is 10.3. The summed E-state index contributed by atoms with van der Waals surface area (Å²) in [5.41, 5.74) is 6.61. The quantitative estimate of drug-likeness (QED) is 0.815. The van der Waals surface area contributed by atoms with Crippen LogP contribution in [-0.2, 0) is 0 Å².